The van der Waals surface area contributed by atoms with Gasteiger partial charge in [-0.3, -0.25) is 0 Å². The summed E-state index contributed by atoms with van der Waals surface area (Å²) in [4.78, 5) is 5.36. The summed E-state index contributed by atoms with van der Waals surface area (Å²) in [6, 6.07) is 16.8. The second kappa shape index (κ2) is 9.02. The Balaban J connectivity index is 1.42. The summed E-state index contributed by atoms with van der Waals surface area (Å²) >= 11 is 2.94. The number of hydrogen-bond donors (Lipinski definition) is 1. The van der Waals surface area contributed by atoms with Crippen molar-refractivity contribution in [1.82, 2.24) is 4.98 Å². The van der Waals surface area contributed by atoms with Crippen LogP contribution in [0.3, 0.4) is 0 Å². The summed E-state index contributed by atoms with van der Waals surface area (Å²) in [5, 5.41) is 27.7. The van der Waals surface area contributed by atoms with Crippen LogP contribution < -0.4 is 0 Å². The Morgan fingerprint density at radius 3 is 2.24 bits per heavy atom. The number of nitrogens with zero attached hydrogens (tertiary/aromatic N) is 5. The van der Waals surface area contributed by atoms with Crippen LogP contribution in [0.5, 0.6) is 5.75 Å². The highest BCUT2D eigenvalue weighted by atomic mass is 32.1. The van der Waals surface area contributed by atoms with Gasteiger partial charge in [0.05, 0.1) is 16.1 Å². The van der Waals surface area contributed by atoms with Crippen LogP contribution in [0.15, 0.2) is 75.1 Å². The van der Waals surface area contributed by atoms with Gasteiger partial charge in [-0.15, -0.1) is 20.5 Å². The van der Waals surface area contributed by atoms with Gasteiger partial charge in [0, 0.05) is 0 Å². The highest BCUT2D eigenvalue weighted by Gasteiger charge is 2.08. The lowest BCUT2D eigenvalue weighted by molar-refractivity contribution is 0.475. The number of hydrogen-bond acceptors (Lipinski definition) is 8. The van der Waals surface area contributed by atoms with Gasteiger partial charge in [-0.2, -0.15) is 0 Å². The van der Waals surface area contributed by atoms with Gasteiger partial charge in [0.2, 0.25) is 5.13 Å². The highest BCUT2D eigenvalue weighted by molar-refractivity contribution is 7.30. The first-order valence-corrected chi connectivity index (χ1v) is 10.9. The molecule has 2 aromatic heterocycles. The molecule has 2 aromatic carbocycles. The van der Waals surface area contributed by atoms with Gasteiger partial charge in [-0.1, -0.05) is 48.2 Å². The number of phenolic OH excluding ortho intramolecular Hbond substituents is 1. The minimum Gasteiger partial charge on any atom is -0.508 e. The number of thiophene rings is 1. The normalized spacial score (nSPS) is 11.9. The molecule has 0 amide bonds. The van der Waals surface area contributed by atoms with Crippen molar-refractivity contribution in [3.05, 3.63) is 60.2 Å². The molecule has 0 aliphatic rings. The summed E-state index contributed by atoms with van der Waals surface area (Å²) in [5.41, 5.74) is 2.84. The third-order valence-electron chi connectivity index (χ3n) is 4.19. The van der Waals surface area contributed by atoms with E-state index in [0.29, 0.717) is 10.8 Å². The number of fused-ring (bicyclic) bond motifs is 1. The van der Waals surface area contributed by atoms with Crippen LogP contribution in [0.2, 0.25) is 0 Å². The largest absolute Gasteiger partial charge is 0.508 e. The lowest BCUT2D eigenvalue weighted by Crippen LogP contribution is -1.82. The number of phenols is 1. The molecular formula is C21H19N5OS2. The zero-order chi connectivity index (χ0) is 20.1. The Labute approximate surface area is 176 Å². The molecule has 0 aliphatic carbocycles. The number of aryl methyl sites for hydroxylation is 1. The number of benzene rings is 2. The van der Waals surface area contributed by atoms with E-state index in [2.05, 4.69) is 44.5 Å². The topological polar surface area (TPSA) is 82.6 Å². The van der Waals surface area contributed by atoms with Crippen LogP contribution in [0.4, 0.5) is 21.5 Å². The van der Waals surface area contributed by atoms with Crippen molar-refractivity contribution in [3.8, 4) is 5.75 Å². The molecule has 0 saturated heterocycles. The molecule has 4 aromatic rings. The van der Waals surface area contributed by atoms with Gasteiger partial charge in [0.1, 0.15) is 15.6 Å². The number of aromatic hydroxyl groups is 1. The Kier molecular flexibility index (Phi) is 6.02. The molecule has 0 atom stereocenters. The second-order valence-electron chi connectivity index (χ2n) is 6.44. The first kappa shape index (κ1) is 19.4. The number of thiazole rings is 1. The molecule has 6 nitrogen and oxygen atoms in total. The second-order valence-corrected chi connectivity index (χ2v) is 8.46. The van der Waals surface area contributed by atoms with E-state index < -0.39 is 0 Å². The molecule has 0 bridgehead atoms. The van der Waals surface area contributed by atoms with Gasteiger partial charge < -0.3 is 5.11 Å². The predicted octanol–water partition coefficient (Wildman–Crippen LogP) is 8.24. The first-order valence-electron chi connectivity index (χ1n) is 9.31. The van der Waals surface area contributed by atoms with Crippen molar-refractivity contribution in [3.63, 3.8) is 0 Å². The molecule has 146 valence electrons. The van der Waals surface area contributed by atoms with Crippen LogP contribution in [-0.4, -0.2) is 10.1 Å². The van der Waals surface area contributed by atoms with Gasteiger partial charge in [0.15, 0.2) is 0 Å². The molecule has 29 heavy (non-hydrogen) atoms. The lowest BCUT2D eigenvalue weighted by Gasteiger charge is -1.99. The van der Waals surface area contributed by atoms with Crippen molar-refractivity contribution >= 4 is 53.7 Å². The highest BCUT2D eigenvalue weighted by Crippen LogP contribution is 2.39. The Morgan fingerprint density at radius 1 is 0.862 bits per heavy atom. The van der Waals surface area contributed by atoms with Crippen LogP contribution in [0.1, 0.15) is 25.3 Å². The summed E-state index contributed by atoms with van der Waals surface area (Å²) in [6.07, 6.45) is 3.51. The molecule has 8 heteroatoms. The van der Waals surface area contributed by atoms with E-state index in [4.69, 9.17) is 0 Å². The lowest BCUT2D eigenvalue weighted by atomic mass is 10.1. The molecule has 4 rings (SSSR count). The van der Waals surface area contributed by atoms with Gasteiger partial charge in [-0.05, 0) is 60.9 Å². The molecule has 0 radical (unpaired) electrons. The van der Waals surface area contributed by atoms with Crippen LogP contribution in [-0.2, 0) is 6.42 Å². The third-order valence-corrected chi connectivity index (χ3v) is 6.11. The van der Waals surface area contributed by atoms with Crippen molar-refractivity contribution in [1.29, 1.82) is 0 Å². The van der Waals surface area contributed by atoms with E-state index in [-0.39, 0.29) is 5.75 Å². The molecule has 0 spiro atoms. The molecule has 1 N–H and O–H groups in total. The van der Waals surface area contributed by atoms with E-state index in [0.717, 1.165) is 26.6 Å². The standard InChI is InChI=1S/C21H19N5OS2/c1-2-3-4-14-5-7-15(8-6-14)23-25-19-13-18-20(29-19)22-21(28-18)26-24-16-9-11-17(27)12-10-16/h5-13,27H,2-4H2,1H3. The molecule has 0 unspecified atom stereocenters. The monoisotopic (exact) mass is 421 g/mol. The zero-order valence-corrected chi connectivity index (χ0v) is 17.5. The number of rotatable bonds is 7. The fourth-order valence-corrected chi connectivity index (χ4v) is 4.49. The molecule has 0 fully saturated rings. The zero-order valence-electron chi connectivity index (χ0n) is 15.8. The van der Waals surface area contributed by atoms with Gasteiger partial charge in [-0.25, -0.2) is 4.98 Å². The summed E-state index contributed by atoms with van der Waals surface area (Å²) in [7, 11) is 0. The number of aromatic nitrogens is 1. The molecule has 0 saturated carbocycles. The summed E-state index contributed by atoms with van der Waals surface area (Å²) in [5.74, 6) is 0.202. The minimum absolute atomic E-state index is 0.202. The maximum atomic E-state index is 9.30. The van der Waals surface area contributed by atoms with Crippen molar-refractivity contribution < 1.29 is 5.11 Å². The fourth-order valence-electron chi connectivity index (χ4n) is 2.64. The molecule has 2 heterocycles. The maximum absolute atomic E-state index is 9.30. The van der Waals surface area contributed by atoms with Crippen LogP contribution in [0.25, 0.3) is 9.53 Å². The van der Waals surface area contributed by atoms with Crippen LogP contribution in [0, 0.1) is 0 Å². The SMILES string of the molecule is CCCCc1ccc(N=Nc2cc3sc(N=Nc4ccc(O)cc4)nc3s2)cc1. The molecule has 0 aliphatic heterocycles. The maximum Gasteiger partial charge on any atom is 0.231 e. The average molecular weight is 422 g/mol. The predicted molar refractivity (Wildman–Crippen MR) is 119 cm³/mol. The van der Waals surface area contributed by atoms with E-state index in [1.807, 2.05) is 18.2 Å². The minimum atomic E-state index is 0.202. The van der Waals surface area contributed by atoms with Gasteiger partial charge >= 0.3 is 0 Å². The van der Waals surface area contributed by atoms with Gasteiger partial charge in [0.25, 0.3) is 0 Å². The van der Waals surface area contributed by atoms with E-state index in [1.165, 1.54) is 41.1 Å². The van der Waals surface area contributed by atoms with E-state index in [9.17, 15) is 5.11 Å². The third kappa shape index (κ3) is 5.10. The first-order chi connectivity index (χ1) is 14.2. The summed E-state index contributed by atoms with van der Waals surface area (Å²) < 4.78 is 1.01. The van der Waals surface area contributed by atoms with Crippen LogP contribution >= 0.6 is 22.7 Å². The smallest absolute Gasteiger partial charge is 0.231 e. The fraction of sp³-hybridized carbons (Fsp3) is 0.190. The number of unbranched alkanes of at least 4 members (excludes halogenated alkanes) is 1. The van der Waals surface area contributed by atoms with Crippen molar-refractivity contribution in [2.75, 3.05) is 0 Å². The van der Waals surface area contributed by atoms with Crippen molar-refractivity contribution in [2.45, 2.75) is 26.2 Å². The summed E-state index contributed by atoms with van der Waals surface area (Å²) in [6.45, 7) is 2.20. The quantitative estimate of drug-likeness (QED) is 0.305. The van der Waals surface area contributed by atoms with Crippen molar-refractivity contribution in [2.24, 2.45) is 20.5 Å². The Bertz CT molecular complexity index is 1110. The number of azo groups is 2. The van der Waals surface area contributed by atoms with E-state index in [1.54, 1.807) is 24.3 Å². The average Bonchev–Trinajstić information content (AvgIpc) is 3.29. The Hall–Kier alpha value is -2.97. The Morgan fingerprint density at radius 2 is 1.55 bits per heavy atom. The molecular weight excluding hydrogens is 402 g/mol. The van der Waals surface area contributed by atoms with E-state index >= 15 is 0 Å².